The molecular formula is C11H17BrN4O. The molecule has 0 aliphatic heterocycles. The summed E-state index contributed by atoms with van der Waals surface area (Å²) in [6.07, 6.45) is 4.15. The molecule has 1 fully saturated rings. The predicted molar refractivity (Wildman–Crippen MR) is 71.1 cm³/mol. The number of aromatic nitrogens is 2. The molecule has 2 N–H and O–H groups in total. The Kier molecular flexibility index (Phi) is 3.53. The van der Waals surface area contributed by atoms with Crippen LogP contribution in [0.1, 0.15) is 12.8 Å². The van der Waals surface area contributed by atoms with E-state index in [1.807, 2.05) is 7.05 Å². The number of nitrogens with two attached hydrogens (primary N) is 1. The van der Waals surface area contributed by atoms with E-state index in [1.54, 1.807) is 13.2 Å². The van der Waals surface area contributed by atoms with Gasteiger partial charge in [-0.2, -0.15) is 5.10 Å². The van der Waals surface area contributed by atoms with Gasteiger partial charge < -0.3 is 10.6 Å². The lowest BCUT2D eigenvalue weighted by molar-refractivity contribution is 0.566. The summed E-state index contributed by atoms with van der Waals surface area (Å²) in [5.41, 5.74) is 6.50. The van der Waals surface area contributed by atoms with Gasteiger partial charge >= 0.3 is 0 Å². The lowest BCUT2D eigenvalue weighted by Gasteiger charge is -2.29. The summed E-state index contributed by atoms with van der Waals surface area (Å²) in [6.45, 7) is 0.600. The summed E-state index contributed by atoms with van der Waals surface area (Å²) in [7, 11) is 3.61. The molecule has 0 saturated heterocycles. The van der Waals surface area contributed by atoms with Crippen LogP contribution in [-0.4, -0.2) is 29.4 Å². The fourth-order valence-electron chi connectivity index (χ4n) is 2.07. The van der Waals surface area contributed by atoms with E-state index in [0.29, 0.717) is 23.0 Å². The molecule has 6 heteroatoms. The normalized spacial score (nSPS) is 16.9. The van der Waals surface area contributed by atoms with Gasteiger partial charge in [0.2, 0.25) is 0 Å². The molecule has 0 bridgehead atoms. The third-order valence-corrected chi connectivity index (χ3v) is 4.09. The van der Waals surface area contributed by atoms with Crippen LogP contribution < -0.4 is 16.2 Å². The first-order valence-corrected chi connectivity index (χ1v) is 6.50. The van der Waals surface area contributed by atoms with Gasteiger partial charge in [-0.25, -0.2) is 4.68 Å². The molecule has 0 amide bonds. The highest BCUT2D eigenvalue weighted by atomic mass is 79.9. The molecule has 94 valence electrons. The highest BCUT2D eigenvalue weighted by molar-refractivity contribution is 9.10. The summed E-state index contributed by atoms with van der Waals surface area (Å²) in [5, 5.41) is 4.05. The van der Waals surface area contributed by atoms with Crippen LogP contribution in [-0.2, 0) is 7.05 Å². The van der Waals surface area contributed by atoms with Gasteiger partial charge in [-0.3, -0.25) is 4.79 Å². The lowest BCUT2D eigenvalue weighted by Crippen LogP contribution is -2.41. The Labute approximate surface area is 109 Å². The summed E-state index contributed by atoms with van der Waals surface area (Å²) in [6, 6.07) is 0.292. The smallest absolute Gasteiger partial charge is 0.282 e. The Morgan fingerprint density at radius 3 is 2.88 bits per heavy atom. The van der Waals surface area contributed by atoms with Gasteiger partial charge in [-0.15, -0.1) is 0 Å². The molecule has 1 unspecified atom stereocenters. The molecule has 1 atom stereocenters. The van der Waals surface area contributed by atoms with Crippen molar-refractivity contribution < 1.29 is 0 Å². The van der Waals surface area contributed by atoms with E-state index in [9.17, 15) is 4.79 Å². The van der Waals surface area contributed by atoms with Gasteiger partial charge in [0.15, 0.2) is 0 Å². The SMILES string of the molecule is CN(c1cnn(C)c(=O)c1Br)C(CN)C1CC1. The monoisotopic (exact) mass is 300 g/mol. The van der Waals surface area contributed by atoms with E-state index in [-0.39, 0.29) is 5.56 Å². The van der Waals surface area contributed by atoms with Gasteiger partial charge in [0.05, 0.1) is 11.9 Å². The van der Waals surface area contributed by atoms with Gasteiger partial charge in [0.25, 0.3) is 5.56 Å². The minimum atomic E-state index is -0.124. The molecular weight excluding hydrogens is 284 g/mol. The van der Waals surface area contributed by atoms with Crippen LogP contribution in [0.2, 0.25) is 0 Å². The number of hydrogen-bond donors (Lipinski definition) is 1. The van der Waals surface area contributed by atoms with Crippen LogP contribution in [0.4, 0.5) is 5.69 Å². The topological polar surface area (TPSA) is 64.2 Å². The Morgan fingerprint density at radius 2 is 2.35 bits per heavy atom. The Morgan fingerprint density at radius 1 is 1.71 bits per heavy atom. The Hall–Kier alpha value is -0.880. The molecule has 1 aliphatic carbocycles. The fourth-order valence-corrected chi connectivity index (χ4v) is 2.71. The van der Waals surface area contributed by atoms with Crippen LogP contribution in [0.15, 0.2) is 15.5 Å². The van der Waals surface area contributed by atoms with Crippen molar-refractivity contribution in [2.45, 2.75) is 18.9 Å². The number of halogens is 1. The van der Waals surface area contributed by atoms with Gasteiger partial charge in [0.1, 0.15) is 4.47 Å². The molecule has 1 heterocycles. The molecule has 2 rings (SSSR count). The van der Waals surface area contributed by atoms with Crippen molar-refractivity contribution >= 4 is 21.6 Å². The second-order valence-corrected chi connectivity index (χ2v) is 5.32. The van der Waals surface area contributed by atoms with E-state index >= 15 is 0 Å². The molecule has 1 aromatic heterocycles. The average molecular weight is 301 g/mol. The zero-order valence-electron chi connectivity index (χ0n) is 10.1. The first kappa shape index (κ1) is 12.6. The second kappa shape index (κ2) is 4.78. The van der Waals surface area contributed by atoms with E-state index in [0.717, 1.165) is 5.69 Å². The van der Waals surface area contributed by atoms with Gasteiger partial charge in [-0.1, -0.05) is 0 Å². The van der Waals surface area contributed by atoms with E-state index < -0.39 is 0 Å². The van der Waals surface area contributed by atoms with Gasteiger partial charge in [0, 0.05) is 26.7 Å². The summed E-state index contributed by atoms with van der Waals surface area (Å²) >= 11 is 3.34. The van der Waals surface area contributed by atoms with Crippen LogP contribution in [0.5, 0.6) is 0 Å². The number of hydrogen-bond acceptors (Lipinski definition) is 4. The lowest BCUT2D eigenvalue weighted by atomic mass is 10.1. The highest BCUT2D eigenvalue weighted by Gasteiger charge is 2.33. The zero-order chi connectivity index (χ0) is 12.6. The van der Waals surface area contributed by atoms with Crippen molar-refractivity contribution in [2.24, 2.45) is 18.7 Å². The summed E-state index contributed by atoms with van der Waals surface area (Å²) < 4.78 is 1.87. The minimum absolute atomic E-state index is 0.124. The summed E-state index contributed by atoms with van der Waals surface area (Å²) in [4.78, 5) is 13.9. The maximum Gasteiger partial charge on any atom is 0.282 e. The van der Waals surface area contributed by atoms with Crippen molar-refractivity contribution in [1.29, 1.82) is 0 Å². The Balaban J connectivity index is 2.33. The number of nitrogens with zero attached hydrogens (tertiary/aromatic N) is 3. The molecule has 1 saturated carbocycles. The molecule has 1 aliphatic rings. The van der Waals surface area contributed by atoms with Crippen molar-refractivity contribution in [3.05, 3.63) is 21.0 Å². The van der Waals surface area contributed by atoms with E-state index in [1.165, 1.54) is 17.5 Å². The molecule has 0 radical (unpaired) electrons. The van der Waals surface area contributed by atoms with E-state index in [2.05, 4.69) is 25.9 Å². The standard InChI is InChI=1S/C11H17BrN4O/c1-15(8(5-13)7-3-4-7)9-6-14-16(2)11(17)10(9)12/h6-8H,3-5,13H2,1-2H3. The van der Waals surface area contributed by atoms with Crippen LogP contribution in [0, 0.1) is 5.92 Å². The first-order chi connectivity index (χ1) is 8.06. The Bertz CT molecular complexity index is 469. The van der Waals surface area contributed by atoms with E-state index in [4.69, 9.17) is 5.73 Å². The third-order valence-electron chi connectivity index (χ3n) is 3.34. The molecule has 5 nitrogen and oxygen atoms in total. The second-order valence-electron chi connectivity index (χ2n) is 4.52. The van der Waals surface area contributed by atoms with Crippen LogP contribution in [0.3, 0.4) is 0 Å². The van der Waals surface area contributed by atoms with Crippen LogP contribution in [0.25, 0.3) is 0 Å². The van der Waals surface area contributed by atoms with Crippen molar-refractivity contribution in [3.8, 4) is 0 Å². The highest BCUT2D eigenvalue weighted by Crippen LogP contribution is 2.36. The van der Waals surface area contributed by atoms with Crippen molar-refractivity contribution in [2.75, 3.05) is 18.5 Å². The molecule has 1 aromatic rings. The maximum absolute atomic E-state index is 11.8. The zero-order valence-corrected chi connectivity index (χ0v) is 11.6. The number of aryl methyl sites for hydroxylation is 1. The number of anilines is 1. The fraction of sp³-hybridized carbons (Fsp3) is 0.636. The largest absolute Gasteiger partial charge is 0.368 e. The molecule has 17 heavy (non-hydrogen) atoms. The molecule has 0 spiro atoms. The van der Waals surface area contributed by atoms with Crippen molar-refractivity contribution in [1.82, 2.24) is 9.78 Å². The quantitative estimate of drug-likeness (QED) is 0.890. The summed E-state index contributed by atoms with van der Waals surface area (Å²) in [5.74, 6) is 0.654. The van der Waals surface area contributed by atoms with Crippen molar-refractivity contribution in [3.63, 3.8) is 0 Å². The average Bonchev–Trinajstić information content (AvgIpc) is 3.11. The predicted octanol–water partition coefficient (Wildman–Crippen LogP) is 0.716. The van der Waals surface area contributed by atoms with Crippen LogP contribution >= 0.6 is 15.9 Å². The third kappa shape index (κ3) is 2.37. The first-order valence-electron chi connectivity index (χ1n) is 5.71. The van der Waals surface area contributed by atoms with Gasteiger partial charge in [-0.05, 0) is 34.7 Å². The maximum atomic E-state index is 11.8. The number of likely N-dealkylation sites (N-methyl/N-ethyl adjacent to an activating group) is 1. The number of rotatable bonds is 4. The minimum Gasteiger partial charge on any atom is -0.368 e. The molecule has 0 aromatic carbocycles.